The van der Waals surface area contributed by atoms with Crippen molar-refractivity contribution in [3.05, 3.63) is 52.8 Å². The van der Waals surface area contributed by atoms with Gasteiger partial charge in [0.2, 0.25) is 0 Å². The summed E-state index contributed by atoms with van der Waals surface area (Å²) in [6, 6.07) is 8.31. The molecule has 0 bridgehead atoms. The summed E-state index contributed by atoms with van der Waals surface area (Å²) in [6.07, 6.45) is 1.43. The molecule has 1 unspecified atom stereocenters. The number of hydrogen-bond donors (Lipinski definition) is 3. The van der Waals surface area contributed by atoms with Crippen LogP contribution in [0.4, 0.5) is 5.69 Å². The summed E-state index contributed by atoms with van der Waals surface area (Å²) in [5.74, 6) is 0.235. The number of benzene rings is 1. The molecule has 30 heavy (non-hydrogen) atoms. The van der Waals surface area contributed by atoms with Crippen LogP contribution in [0.25, 0.3) is 0 Å². The first-order valence-electron chi connectivity index (χ1n) is 9.52. The van der Waals surface area contributed by atoms with E-state index in [1.807, 2.05) is 26.0 Å². The fraction of sp³-hybridized carbons (Fsp3) is 0.381. The number of rotatable bonds is 4. The van der Waals surface area contributed by atoms with Gasteiger partial charge in [-0.15, -0.1) is 0 Å². The number of halogens is 1. The Bertz CT molecular complexity index is 989. The molecule has 1 fully saturated rings. The zero-order valence-corrected chi connectivity index (χ0v) is 17.5. The number of pyridine rings is 1. The van der Waals surface area contributed by atoms with Crippen LogP contribution in [-0.2, 0) is 9.47 Å². The van der Waals surface area contributed by atoms with Crippen LogP contribution >= 0.6 is 11.6 Å². The van der Waals surface area contributed by atoms with Crippen LogP contribution in [0.15, 0.2) is 36.5 Å². The van der Waals surface area contributed by atoms with Crippen molar-refractivity contribution in [2.75, 3.05) is 25.1 Å². The van der Waals surface area contributed by atoms with E-state index in [1.54, 1.807) is 18.2 Å². The van der Waals surface area contributed by atoms with Crippen molar-refractivity contribution in [2.45, 2.75) is 25.4 Å². The minimum Gasteiger partial charge on any atom is -0.487 e. The molecular formula is C21H23ClN4O4. The maximum absolute atomic E-state index is 12.6. The van der Waals surface area contributed by atoms with Crippen LogP contribution in [-0.4, -0.2) is 42.3 Å². The predicted octanol–water partition coefficient (Wildman–Crippen LogP) is 3.17. The monoisotopic (exact) mass is 430 g/mol. The average Bonchev–Trinajstić information content (AvgIpc) is 2.64. The maximum Gasteiger partial charge on any atom is 0.279 e. The Labute approximate surface area is 179 Å². The first-order valence-corrected chi connectivity index (χ1v) is 9.90. The highest BCUT2D eigenvalue weighted by molar-refractivity contribution is 6.30. The van der Waals surface area contributed by atoms with Gasteiger partial charge in [0.1, 0.15) is 17.0 Å². The lowest BCUT2D eigenvalue weighted by molar-refractivity contribution is -0.224. The number of ether oxygens (including phenoxy) is 3. The van der Waals surface area contributed by atoms with Crippen molar-refractivity contribution in [2.24, 2.45) is 11.1 Å². The highest BCUT2D eigenvalue weighted by Crippen LogP contribution is 2.57. The van der Waals surface area contributed by atoms with E-state index in [2.05, 4.69) is 10.3 Å². The number of carbonyl (C=O) groups is 1. The minimum atomic E-state index is -0.499. The topological polar surface area (TPSA) is 120 Å². The molecule has 0 radical (unpaired) electrons. The summed E-state index contributed by atoms with van der Waals surface area (Å²) >= 11 is 5.84. The van der Waals surface area contributed by atoms with E-state index in [0.29, 0.717) is 29.7 Å². The summed E-state index contributed by atoms with van der Waals surface area (Å²) in [5, 5.41) is 10.8. The molecule has 9 heteroatoms. The number of nitrogens with zero attached hydrogens (tertiary/aromatic N) is 1. The Morgan fingerprint density at radius 3 is 2.73 bits per heavy atom. The number of amidine groups is 1. The molecule has 1 atom stereocenters. The minimum absolute atomic E-state index is 0.126. The summed E-state index contributed by atoms with van der Waals surface area (Å²) in [5.41, 5.74) is 6.35. The molecule has 0 aliphatic carbocycles. The van der Waals surface area contributed by atoms with Crippen LogP contribution in [0.1, 0.15) is 35.8 Å². The third-order valence-electron chi connectivity index (χ3n) is 5.96. The van der Waals surface area contributed by atoms with Crippen LogP contribution in [0.3, 0.4) is 0 Å². The number of amides is 1. The van der Waals surface area contributed by atoms with Gasteiger partial charge in [-0.3, -0.25) is 10.2 Å². The molecule has 158 valence electrons. The van der Waals surface area contributed by atoms with Crippen LogP contribution in [0.5, 0.6) is 5.75 Å². The number of aromatic nitrogens is 1. The highest BCUT2D eigenvalue weighted by Gasteiger charge is 2.61. The van der Waals surface area contributed by atoms with E-state index in [9.17, 15) is 4.79 Å². The Kier molecular flexibility index (Phi) is 5.07. The number of fused-ring (bicyclic) bond motifs is 1. The van der Waals surface area contributed by atoms with Crippen molar-refractivity contribution in [3.63, 3.8) is 0 Å². The van der Waals surface area contributed by atoms with Gasteiger partial charge in [0.05, 0.1) is 30.3 Å². The molecule has 4 rings (SSSR count). The second-order valence-electron chi connectivity index (χ2n) is 8.06. The molecule has 0 saturated carbocycles. The predicted molar refractivity (Wildman–Crippen MR) is 112 cm³/mol. The van der Waals surface area contributed by atoms with Crippen molar-refractivity contribution >= 4 is 29.2 Å². The van der Waals surface area contributed by atoms with Gasteiger partial charge in [0, 0.05) is 23.4 Å². The zero-order valence-electron chi connectivity index (χ0n) is 16.7. The smallest absolute Gasteiger partial charge is 0.279 e. The molecule has 3 heterocycles. The van der Waals surface area contributed by atoms with Gasteiger partial charge in [-0.25, -0.2) is 4.98 Å². The normalized spacial score (nSPS) is 20.4. The van der Waals surface area contributed by atoms with Gasteiger partial charge in [-0.1, -0.05) is 11.6 Å². The van der Waals surface area contributed by atoms with Gasteiger partial charge in [0.15, 0.2) is 0 Å². The number of anilines is 1. The second-order valence-corrected chi connectivity index (χ2v) is 8.49. The summed E-state index contributed by atoms with van der Waals surface area (Å²) < 4.78 is 17.3. The second kappa shape index (κ2) is 7.45. The van der Waals surface area contributed by atoms with Crippen LogP contribution in [0.2, 0.25) is 5.02 Å². The maximum atomic E-state index is 12.6. The van der Waals surface area contributed by atoms with Crippen LogP contribution < -0.4 is 15.8 Å². The van der Waals surface area contributed by atoms with Gasteiger partial charge in [-0.2, -0.15) is 0 Å². The zero-order chi connectivity index (χ0) is 21.5. The SMILES string of the molecule is CC1(C)Oc2ccc(NC(=O)c3ccc(Cl)cn3)cc2C(COC(=N)N)C12COC2. The molecule has 1 saturated heterocycles. The molecular weight excluding hydrogens is 408 g/mol. The molecule has 8 nitrogen and oxygen atoms in total. The standard InChI is InChI=1S/C21H23ClN4O4/c1-20(2)21(10-28-11-21)15(9-29-19(23)24)14-7-13(4-6-17(14)30-20)26-18(27)16-5-3-12(22)8-25-16/h3-8,15H,9-11H2,1-2H3,(H3,23,24)(H,26,27). The molecule has 1 aromatic heterocycles. The van der Waals surface area contributed by atoms with Crippen LogP contribution in [0, 0.1) is 10.8 Å². The van der Waals surface area contributed by atoms with Crippen molar-refractivity contribution in [1.82, 2.24) is 4.98 Å². The fourth-order valence-electron chi connectivity index (χ4n) is 4.08. The summed E-state index contributed by atoms with van der Waals surface area (Å²) in [4.78, 5) is 16.6. The largest absolute Gasteiger partial charge is 0.487 e. The van der Waals surface area contributed by atoms with Gasteiger partial charge < -0.3 is 25.3 Å². The number of nitrogens with one attached hydrogen (secondary N) is 2. The van der Waals surface area contributed by atoms with Crippen molar-refractivity contribution in [1.29, 1.82) is 5.41 Å². The van der Waals surface area contributed by atoms with Gasteiger partial charge in [-0.05, 0) is 44.2 Å². The van der Waals surface area contributed by atoms with E-state index >= 15 is 0 Å². The molecule has 2 aliphatic heterocycles. The van der Waals surface area contributed by atoms with Gasteiger partial charge >= 0.3 is 0 Å². The van der Waals surface area contributed by atoms with E-state index in [1.165, 1.54) is 6.20 Å². The Morgan fingerprint density at radius 1 is 1.37 bits per heavy atom. The molecule has 2 aliphatic rings. The Balaban J connectivity index is 1.66. The lowest BCUT2D eigenvalue weighted by Gasteiger charge is -2.58. The molecule has 1 aromatic carbocycles. The summed E-state index contributed by atoms with van der Waals surface area (Å²) in [6.45, 7) is 5.30. The third kappa shape index (κ3) is 3.46. The van der Waals surface area contributed by atoms with Gasteiger partial charge in [0.25, 0.3) is 11.9 Å². The Morgan fingerprint density at radius 2 is 2.13 bits per heavy atom. The molecule has 1 amide bonds. The molecule has 4 N–H and O–H groups in total. The lowest BCUT2D eigenvalue weighted by Crippen LogP contribution is -2.65. The summed E-state index contributed by atoms with van der Waals surface area (Å²) in [7, 11) is 0. The lowest BCUT2D eigenvalue weighted by atomic mass is 9.60. The fourth-order valence-corrected chi connectivity index (χ4v) is 4.20. The molecule has 2 aromatic rings. The van der Waals surface area contributed by atoms with Crippen molar-refractivity contribution < 1.29 is 19.0 Å². The Hall–Kier alpha value is -2.84. The number of carbonyl (C=O) groups excluding carboxylic acids is 1. The van der Waals surface area contributed by atoms with E-state index in [-0.39, 0.29) is 35.6 Å². The number of hydrogen-bond acceptors (Lipinski definition) is 6. The number of nitrogens with two attached hydrogens (primary N) is 1. The van der Waals surface area contributed by atoms with E-state index < -0.39 is 5.60 Å². The van der Waals surface area contributed by atoms with Crippen molar-refractivity contribution in [3.8, 4) is 5.75 Å². The first kappa shape index (κ1) is 20.4. The third-order valence-corrected chi connectivity index (χ3v) is 6.18. The first-order chi connectivity index (χ1) is 14.2. The molecule has 1 spiro atoms. The highest BCUT2D eigenvalue weighted by atomic mass is 35.5. The van der Waals surface area contributed by atoms with E-state index in [4.69, 9.17) is 37.0 Å². The quantitative estimate of drug-likeness (QED) is 0.506. The average molecular weight is 431 g/mol. The van der Waals surface area contributed by atoms with E-state index in [0.717, 1.165) is 5.56 Å².